The summed E-state index contributed by atoms with van der Waals surface area (Å²) >= 11 is 0. The molecular formula is C8H18BNO. The third-order valence-corrected chi connectivity index (χ3v) is 2.81. The van der Waals surface area contributed by atoms with Crippen LogP contribution in [0.2, 0.25) is 0 Å². The van der Waals surface area contributed by atoms with Gasteiger partial charge in [0.15, 0.2) is 0 Å². The maximum atomic E-state index is 5.84. The van der Waals surface area contributed by atoms with E-state index in [-0.39, 0.29) is 5.60 Å². The van der Waals surface area contributed by atoms with E-state index in [0.29, 0.717) is 12.0 Å². The van der Waals surface area contributed by atoms with Crippen LogP contribution < -0.4 is 5.32 Å². The minimum absolute atomic E-state index is 0.118. The molecule has 0 aromatic rings. The van der Waals surface area contributed by atoms with Crippen molar-refractivity contribution in [3.8, 4) is 0 Å². The summed E-state index contributed by atoms with van der Waals surface area (Å²) in [6.07, 6.45) is 2.25. The first-order valence-electron chi connectivity index (χ1n) is 4.46. The number of hydrogen-bond donors (Lipinski definition) is 1. The van der Waals surface area contributed by atoms with Gasteiger partial charge in [0.05, 0.1) is 5.60 Å². The van der Waals surface area contributed by atoms with Crippen molar-refractivity contribution < 1.29 is 4.74 Å². The molecule has 11 heavy (non-hydrogen) atoms. The van der Waals surface area contributed by atoms with Gasteiger partial charge >= 0.3 is 0 Å². The first-order valence-corrected chi connectivity index (χ1v) is 4.46. The second kappa shape index (κ2) is 3.15. The van der Waals surface area contributed by atoms with E-state index in [9.17, 15) is 0 Å². The number of likely N-dealkylation sites (N-methyl/N-ethyl adjacent to an activating group) is 1. The van der Waals surface area contributed by atoms with Gasteiger partial charge in [0.25, 0.3) is 0 Å². The minimum Gasteiger partial charge on any atom is -0.379 e. The molecule has 0 bridgehead atoms. The zero-order chi connectivity index (χ0) is 8.48. The maximum absolute atomic E-state index is 5.84. The van der Waals surface area contributed by atoms with Gasteiger partial charge in [-0.1, -0.05) is 6.92 Å². The van der Waals surface area contributed by atoms with Gasteiger partial charge in [0.2, 0.25) is 0 Å². The summed E-state index contributed by atoms with van der Waals surface area (Å²) in [4.78, 5) is 0. The highest BCUT2D eigenvalue weighted by Crippen LogP contribution is 2.31. The summed E-state index contributed by atoms with van der Waals surface area (Å²) in [5.41, 5.74) is 0.118. The molecule has 0 radical (unpaired) electrons. The van der Waals surface area contributed by atoms with Gasteiger partial charge in [-0.2, -0.15) is 0 Å². The van der Waals surface area contributed by atoms with Crippen LogP contribution in [0, 0.1) is 0 Å². The normalized spacial score (nSPS) is 44.6. The van der Waals surface area contributed by atoms with Crippen molar-refractivity contribution in [3.63, 3.8) is 0 Å². The highest BCUT2D eigenvalue weighted by Gasteiger charge is 2.38. The highest BCUT2D eigenvalue weighted by atomic mass is 16.5. The topological polar surface area (TPSA) is 21.3 Å². The van der Waals surface area contributed by atoms with Crippen molar-refractivity contribution in [1.29, 1.82) is 0 Å². The molecule has 2 unspecified atom stereocenters. The van der Waals surface area contributed by atoms with E-state index in [1.54, 1.807) is 0 Å². The highest BCUT2D eigenvalue weighted by molar-refractivity contribution is 6.11. The Kier molecular flexibility index (Phi) is 2.60. The van der Waals surface area contributed by atoms with E-state index in [4.69, 9.17) is 4.74 Å². The van der Waals surface area contributed by atoms with Crippen LogP contribution in [0.15, 0.2) is 0 Å². The first kappa shape index (κ1) is 9.08. The molecule has 1 saturated heterocycles. The third kappa shape index (κ3) is 1.77. The van der Waals surface area contributed by atoms with Crippen LogP contribution in [-0.2, 0) is 4.74 Å². The molecule has 0 spiro atoms. The lowest BCUT2D eigenvalue weighted by molar-refractivity contribution is -0.000634. The SMILES string of the molecule is BC1O[C@@](C)(CC)CC1NC. The van der Waals surface area contributed by atoms with E-state index in [1.165, 1.54) is 0 Å². The van der Waals surface area contributed by atoms with Crippen molar-refractivity contribution in [2.75, 3.05) is 7.05 Å². The molecular weight excluding hydrogens is 137 g/mol. The van der Waals surface area contributed by atoms with Crippen LogP contribution in [-0.4, -0.2) is 32.5 Å². The zero-order valence-electron chi connectivity index (χ0n) is 7.98. The van der Waals surface area contributed by atoms with Crippen LogP contribution in [0.1, 0.15) is 26.7 Å². The fraction of sp³-hybridized carbons (Fsp3) is 1.00. The average Bonchev–Trinajstić information content (AvgIpc) is 2.27. The lowest BCUT2D eigenvalue weighted by Crippen LogP contribution is -2.33. The number of hydrogen-bond acceptors (Lipinski definition) is 2. The molecule has 0 amide bonds. The number of ether oxygens (including phenoxy) is 1. The van der Waals surface area contributed by atoms with Gasteiger partial charge in [-0.05, 0) is 26.8 Å². The largest absolute Gasteiger partial charge is 0.379 e. The second-order valence-electron chi connectivity index (χ2n) is 3.73. The van der Waals surface area contributed by atoms with E-state index in [1.807, 2.05) is 7.05 Å². The molecule has 2 nitrogen and oxygen atoms in total. The molecule has 1 fully saturated rings. The Bertz CT molecular complexity index is 142. The summed E-state index contributed by atoms with van der Waals surface area (Å²) in [6, 6.07) is 0.907. The minimum atomic E-state index is 0.118. The van der Waals surface area contributed by atoms with Crippen molar-refractivity contribution in [1.82, 2.24) is 5.32 Å². The Morgan fingerprint density at radius 1 is 1.73 bits per heavy atom. The molecule has 3 heteroatoms. The first-order chi connectivity index (χ1) is 5.11. The van der Waals surface area contributed by atoms with Gasteiger partial charge in [0, 0.05) is 12.0 Å². The zero-order valence-corrected chi connectivity index (χ0v) is 7.98. The number of rotatable bonds is 2. The van der Waals surface area contributed by atoms with E-state index < -0.39 is 0 Å². The van der Waals surface area contributed by atoms with E-state index >= 15 is 0 Å². The van der Waals surface area contributed by atoms with Crippen molar-refractivity contribution in [2.24, 2.45) is 0 Å². The quantitative estimate of drug-likeness (QED) is 0.572. The Labute approximate surface area is 70.1 Å². The fourth-order valence-corrected chi connectivity index (χ4v) is 1.77. The number of nitrogens with one attached hydrogen (secondary N) is 1. The summed E-state index contributed by atoms with van der Waals surface area (Å²) in [5.74, 6) is 0. The van der Waals surface area contributed by atoms with E-state index in [0.717, 1.165) is 12.8 Å². The lowest BCUT2D eigenvalue weighted by Gasteiger charge is -2.21. The Balaban J connectivity index is 2.55. The standard InChI is InChI=1S/C8H18BNO/c1-4-8(2)5-6(10-3)7(9)11-8/h6-7,10H,4-5,9H2,1-3H3/t6?,7?,8-/m0/s1. The molecule has 0 aliphatic carbocycles. The van der Waals surface area contributed by atoms with Gasteiger partial charge in [-0.15, -0.1) is 0 Å². The van der Waals surface area contributed by atoms with Crippen molar-refractivity contribution in [2.45, 2.75) is 44.3 Å². The van der Waals surface area contributed by atoms with Crippen molar-refractivity contribution >= 4 is 7.85 Å². The third-order valence-electron chi connectivity index (χ3n) is 2.81. The molecule has 1 rings (SSSR count). The molecule has 0 saturated carbocycles. The van der Waals surface area contributed by atoms with Gasteiger partial charge in [-0.25, -0.2) is 0 Å². The van der Waals surface area contributed by atoms with Gasteiger partial charge in [-0.3, -0.25) is 0 Å². The predicted molar refractivity (Wildman–Crippen MR) is 49.6 cm³/mol. The van der Waals surface area contributed by atoms with Gasteiger partial charge in [0.1, 0.15) is 7.85 Å². The molecule has 1 aliphatic rings. The Morgan fingerprint density at radius 2 is 2.36 bits per heavy atom. The van der Waals surface area contributed by atoms with Crippen LogP contribution in [0.5, 0.6) is 0 Å². The predicted octanol–water partition coefficient (Wildman–Crippen LogP) is 0.123. The molecule has 0 aromatic carbocycles. The molecule has 64 valence electrons. The van der Waals surface area contributed by atoms with Gasteiger partial charge < -0.3 is 10.1 Å². The Hall–Kier alpha value is -0.0151. The summed E-state index contributed by atoms with van der Waals surface area (Å²) < 4.78 is 5.84. The molecule has 3 atom stereocenters. The van der Waals surface area contributed by atoms with Crippen LogP contribution >= 0.6 is 0 Å². The van der Waals surface area contributed by atoms with Crippen LogP contribution in [0.25, 0.3) is 0 Å². The summed E-state index contributed by atoms with van der Waals surface area (Å²) in [7, 11) is 4.15. The van der Waals surface area contributed by atoms with Crippen LogP contribution in [0.3, 0.4) is 0 Å². The van der Waals surface area contributed by atoms with Crippen molar-refractivity contribution in [3.05, 3.63) is 0 Å². The lowest BCUT2D eigenvalue weighted by atomic mass is 9.89. The average molecular weight is 155 g/mol. The molecule has 0 aromatic heterocycles. The smallest absolute Gasteiger partial charge is 0.141 e. The molecule has 1 heterocycles. The maximum Gasteiger partial charge on any atom is 0.141 e. The Morgan fingerprint density at radius 3 is 2.64 bits per heavy atom. The summed E-state index contributed by atoms with van der Waals surface area (Å²) in [6.45, 7) is 4.38. The molecule has 1 aliphatic heterocycles. The van der Waals surface area contributed by atoms with Crippen LogP contribution in [0.4, 0.5) is 0 Å². The fourth-order valence-electron chi connectivity index (χ4n) is 1.77. The molecule has 1 N–H and O–H groups in total. The summed E-state index contributed by atoms with van der Waals surface area (Å²) in [5, 5.41) is 3.28. The second-order valence-corrected chi connectivity index (χ2v) is 3.73. The van der Waals surface area contributed by atoms with E-state index in [2.05, 4.69) is 27.0 Å². The monoisotopic (exact) mass is 155 g/mol.